The molecular weight excluding hydrogens is 367 g/mol. The molecule has 0 unspecified atom stereocenters. The molecule has 6 nitrogen and oxygen atoms in total. The molecule has 0 saturated heterocycles. The number of anilines is 1. The fourth-order valence-electron chi connectivity index (χ4n) is 2.35. The molecule has 0 saturated carbocycles. The Labute approximate surface area is 150 Å². The van der Waals surface area contributed by atoms with Crippen molar-refractivity contribution in [2.75, 3.05) is 5.32 Å². The summed E-state index contributed by atoms with van der Waals surface area (Å²) in [6.45, 7) is 3.64. The summed E-state index contributed by atoms with van der Waals surface area (Å²) in [5.74, 6) is -0.545. The number of hydrogen-bond donors (Lipinski definition) is 1. The molecule has 1 amide bonds. The molecule has 3 heterocycles. The van der Waals surface area contributed by atoms with Gasteiger partial charge in [0.15, 0.2) is 11.6 Å². The van der Waals surface area contributed by atoms with Gasteiger partial charge in [0, 0.05) is 11.8 Å². The highest BCUT2D eigenvalue weighted by Gasteiger charge is 2.31. The zero-order valence-electron chi connectivity index (χ0n) is 13.8. The number of hydrogen-bond acceptors (Lipinski definition) is 5. The van der Waals surface area contributed by atoms with Gasteiger partial charge < -0.3 is 5.32 Å². The third kappa shape index (κ3) is 4.26. The van der Waals surface area contributed by atoms with Crippen molar-refractivity contribution in [3.05, 3.63) is 41.0 Å². The van der Waals surface area contributed by atoms with Gasteiger partial charge in [-0.2, -0.15) is 18.3 Å². The van der Waals surface area contributed by atoms with Crippen LogP contribution < -0.4 is 5.32 Å². The highest BCUT2D eigenvalue weighted by molar-refractivity contribution is 7.13. The van der Waals surface area contributed by atoms with Crippen LogP contribution in [0.3, 0.4) is 0 Å². The van der Waals surface area contributed by atoms with Crippen LogP contribution in [0.5, 0.6) is 0 Å². The van der Waals surface area contributed by atoms with Crippen LogP contribution in [-0.4, -0.2) is 31.8 Å². The minimum absolute atomic E-state index is 0.0137. The first kappa shape index (κ1) is 18.1. The molecule has 0 spiro atoms. The number of carbonyl (C=O) groups is 1. The Kier molecular flexibility index (Phi) is 4.77. The first-order valence-corrected chi connectivity index (χ1v) is 8.42. The lowest BCUT2D eigenvalue weighted by atomic mass is 10.3. The fraction of sp³-hybridized carbons (Fsp3) is 0.250. The Morgan fingerprint density at radius 2 is 2.04 bits per heavy atom. The van der Waals surface area contributed by atoms with Crippen LogP contribution in [0, 0.1) is 13.8 Å². The van der Waals surface area contributed by atoms with E-state index in [0.717, 1.165) is 16.3 Å². The second-order valence-corrected chi connectivity index (χ2v) is 6.54. The predicted octanol–water partition coefficient (Wildman–Crippen LogP) is 3.90. The minimum atomic E-state index is -4.59. The molecule has 0 aliphatic heterocycles. The summed E-state index contributed by atoms with van der Waals surface area (Å²) < 4.78 is 38.8. The molecule has 0 aromatic carbocycles. The van der Waals surface area contributed by atoms with Crippen molar-refractivity contribution < 1.29 is 18.0 Å². The molecule has 0 aliphatic carbocycles. The molecule has 0 atom stereocenters. The van der Waals surface area contributed by atoms with Gasteiger partial charge in [-0.1, -0.05) is 6.07 Å². The van der Waals surface area contributed by atoms with Gasteiger partial charge in [-0.3, -0.25) is 4.79 Å². The van der Waals surface area contributed by atoms with Crippen molar-refractivity contribution in [1.29, 1.82) is 0 Å². The standard InChI is InChI=1S/C16H14F3N5OS/c1-9-6-10(2)24(23-9)13-7-12(20-14(25)8-16(17,18)19)21-15(22-13)11-4-3-5-26-11/h3-7H,8H2,1-2H3,(H,20,21,22,25). The van der Waals surface area contributed by atoms with Gasteiger partial charge in [-0.15, -0.1) is 11.3 Å². The zero-order chi connectivity index (χ0) is 18.9. The Balaban J connectivity index is 2.01. The molecule has 136 valence electrons. The molecule has 3 rings (SSSR count). The van der Waals surface area contributed by atoms with E-state index in [-0.39, 0.29) is 5.82 Å². The molecule has 26 heavy (non-hydrogen) atoms. The highest BCUT2D eigenvalue weighted by Crippen LogP contribution is 2.25. The van der Waals surface area contributed by atoms with Crippen molar-refractivity contribution in [1.82, 2.24) is 19.7 Å². The second kappa shape index (κ2) is 6.87. The van der Waals surface area contributed by atoms with Crippen LogP contribution in [0.4, 0.5) is 19.0 Å². The minimum Gasteiger partial charge on any atom is -0.310 e. The van der Waals surface area contributed by atoms with E-state index in [1.54, 1.807) is 16.8 Å². The largest absolute Gasteiger partial charge is 0.397 e. The van der Waals surface area contributed by atoms with Gasteiger partial charge in [0.25, 0.3) is 0 Å². The number of aryl methyl sites for hydroxylation is 2. The summed E-state index contributed by atoms with van der Waals surface area (Å²) >= 11 is 1.38. The number of aromatic nitrogens is 4. The van der Waals surface area contributed by atoms with Gasteiger partial charge in [0.05, 0.1) is 10.6 Å². The number of nitrogens with zero attached hydrogens (tertiary/aromatic N) is 4. The Hall–Kier alpha value is -2.75. The number of thiophene rings is 1. The second-order valence-electron chi connectivity index (χ2n) is 5.59. The predicted molar refractivity (Wildman–Crippen MR) is 91.2 cm³/mol. The third-order valence-electron chi connectivity index (χ3n) is 3.31. The Morgan fingerprint density at radius 1 is 1.27 bits per heavy atom. The van der Waals surface area contributed by atoms with Crippen LogP contribution in [0.2, 0.25) is 0 Å². The third-order valence-corrected chi connectivity index (χ3v) is 4.18. The topological polar surface area (TPSA) is 72.7 Å². The van der Waals surface area contributed by atoms with Gasteiger partial charge in [0.2, 0.25) is 5.91 Å². The number of alkyl halides is 3. The van der Waals surface area contributed by atoms with E-state index in [0.29, 0.717) is 11.6 Å². The normalized spacial score (nSPS) is 11.6. The summed E-state index contributed by atoms with van der Waals surface area (Å²) in [7, 11) is 0. The lowest BCUT2D eigenvalue weighted by Crippen LogP contribution is -2.22. The van der Waals surface area contributed by atoms with Gasteiger partial charge >= 0.3 is 6.18 Å². The molecule has 10 heteroatoms. The molecule has 0 radical (unpaired) electrons. The number of amides is 1. The monoisotopic (exact) mass is 381 g/mol. The molecule has 0 aliphatic rings. The first-order chi connectivity index (χ1) is 12.2. The van der Waals surface area contributed by atoms with E-state index in [1.165, 1.54) is 17.4 Å². The maximum absolute atomic E-state index is 12.4. The lowest BCUT2D eigenvalue weighted by Gasteiger charge is -2.11. The highest BCUT2D eigenvalue weighted by atomic mass is 32.1. The Morgan fingerprint density at radius 3 is 2.62 bits per heavy atom. The maximum Gasteiger partial charge on any atom is 0.397 e. The van der Waals surface area contributed by atoms with E-state index in [2.05, 4.69) is 20.4 Å². The summed E-state index contributed by atoms with van der Waals surface area (Å²) in [5, 5.41) is 8.34. The summed E-state index contributed by atoms with van der Waals surface area (Å²) in [6, 6.07) is 6.83. The van der Waals surface area contributed by atoms with Crippen molar-refractivity contribution in [2.45, 2.75) is 26.4 Å². The molecule has 3 aromatic heterocycles. The van der Waals surface area contributed by atoms with Gasteiger partial charge in [-0.25, -0.2) is 14.6 Å². The Bertz CT molecular complexity index is 934. The van der Waals surface area contributed by atoms with Crippen molar-refractivity contribution in [3.8, 4) is 16.5 Å². The van der Waals surface area contributed by atoms with Crippen LogP contribution in [-0.2, 0) is 4.79 Å². The average molecular weight is 381 g/mol. The molecular formula is C16H14F3N5OS. The number of rotatable bonds is 4. The van der Waals surface area contributed by atoms with E-state index in [9.17, 15) is 18.0 Å². The van der Waals surface area contributed by atoms with Crippen molar-refractivity contribution >= 4 is 23.1 Å². The smallest absolute Gasteiger partial charge is 0.310 e. The van der Waals surface area contributed by atoms with Crippen molar-refractivity contribution in [3.63, 3.8) is 0 Å². The SMILES string of the molecule is Cc1cc(C)n(-c2cc(NC(=O)CC(F)(F)F)nc(-c3cccs3)n2)n1. The number of halogens is 3. The zero-order valence-corrected chi connectivity index (χ0v) is 14.6. The van der Waals surface area contributed by atoms with Gasteiger partial charge in [0.1, 0.15) is 12.2 Å². The average Bonchev–Trinajstić information content (AvgIpc) is 3.14. The van der Waals surface area contributed by atoms with E-state index in [1.807, 2.05) is 25.3 Å². The number of carbonyl (C=O) groups excluding carboxylic acids is 1. The van der Waals surface area contributed by atoms with Gasteiger partial charge in [-0.05, 0) is 31.4 Å². The van der Waals surface area contributed by atoms with E-state index < -0.39 is 18.5 Å². The summed E-state index contributed by atoms with van der Waals surface area (Å²) in [4.78, 5) is 21.0. The first-order valence-electron chi connectivity index (χ1n) is 7.54. The molecule has 3 aromatic rings. The molecule has 0 bridgehead atoms. The molecule has 1 N–H and O–H groups in total. The van der Waals surface area contributed by atoms with Crippen LogP contribution in [0.15, 0.2) is 29.6 Å². The summed E-state index contributed by atoms with van der Waals surface area (Å²) in [6.07, 6.45) is -6.17. The van der Waals surface area contributed by atoms with Crippen molar-refractivity contribution in [2.24, 2.45) is 0 Å². The maximum atomic E-state index is 12.4. The van der Waals surface area contributed by atoms with E-state index in [4.69, 9.17) is 0 Å². The lowest BCUT2D eigenvalue weighted by molar-refractivity contribution is -0.150. The van der Waals surface area contributed by atoms with Crippen LogP contribution in [0.1, 0.15) is 17.8 Å². The van der Waals surface area contributed by atoms with E-state index >= 15 is 0 Å². The van der Waals surface area contributed by atoms with Crippen LogP contribution >= 0.6 is 11.3 Å². The fourth-order valence-corrected chi connectivity index (χ4v) is 3.01. The molecule has 0 fully saturated rings. The number of nitrogens with one attached hydrogen (secondary N) is 1. The summed E-state index contributed by atoms with van der Waals surface area (Å²) in [5.41, 5.74) is 1.56. The van der Waals surface area contributed by atoms with Crippen LogP contribution in [0.25, 0.3) is 16.5 Å². The quantitative estimate of drug-likeness (QED) is 0.744.